The predicted molar refractivity (Wildman–Crippen MR) is 66.8 cm³/mol. The molecule has 0 bridgehead atoms. The Hall–Kier alpha value is -2.99. The van der Waals surface area contributed by atoms with Crippen LogP contribution in [0.1, 0.15) is 0 Å². The molecule has 0 aliphatic carbocycles. The first-order chi connectivity index (χ1) is 9.27. The smallest absolute Gasteiger partial charge is 0.294 e. The minimum absolute atomic E-state index is 0.0875. The lowest BCUT2D eigenvalue weighted by molar-refractivity contribution is 0.312. The summed E-state index contributed by atoms with van der Waals surface area (Å²) in [5.41, 5.74) is 0.0756. The van der Waals surface area contributed by atoms with Crippen LogP contribution in [-0.2, 0) is 0 Å². The second kappa shape index (κ2) is 5.56. The number of nitrogens with zero attached hydrogens (tertiary/aromatic N) is 2. The van der Waals surface area contributed by atoms with Crippen LogP contribution in [0.15, 0.2) is 29.1 Å². The van der Waals surface area contributed by atoms with Gasteiger partial charge in [-0.1, -0.05) is 12.1 Å². The van der Waals surface area contributed by atoms with Crippen LogP contribution in [0.25, 0.3) is 10.9 Å². The summed E-state index contributed by atoms with van der Waals surface area (Å²) in [6, 6.07) is 10.6. The lowest BCUT2D eigenvalue weighted by Gasteiger charge is -2.11. The zero-order valence-corrected chi connectivity index (χ0v) is 9.84. The Balaban J connectivity index is 2.64. The molecule has 19 heavy (non-hydrogen) atoms. The van der Waals surface area contributed by atoms with E-state index in [9.17, 15) is 4.79 Å². The number of H-pyrrole nitrogens is 1. The fourth-order valence-corrected chi connectivity index (χ4v) is 1.68. The van der Waals surface area contributed by atoms with Crippen molar-refractivity contribution in [3.05, 3.63) is 34.6 Å². The van der Waals surface area contributed by atoms with Crippen LogP contribution in [0, 0.1) is 22.7 Å². The molecule has 0 atom stereocenters. The summed E-state index contributed by atoms with van der Waals surface area (Å²) in [6.07, 6.45) is 0. The molecule has 1 heterocycles. The summed E-state index contributed by atoms with van der Waals surface area (Å²) >= 11 is 0. The Bertz CT molecular complexity index is 737. The highest BCUT2D eigenvalue weighted by molar-refractivity contribution is 5.87. The highest BCUT2D eigenvalue weighted by Crippen LogP contribution is 2.31. The summed E-state index contributed by atoms with van der Waals surface area (Å²) in [5.74, 6) is 0.0895. The fraction of sp³-hybridized carbons (Fsp3) is 0.154. The van der Waals surface area contributed by atoms with Gasteiger partial charge in [-0.15, -0.1) is 0 Å². The first-order valence-corrected chi connectivity index (χ1v) is 5.42. The van der Waals surface area contributed by atoms with Gasteiger partial charge in [0, 0.05) is 5.39 Å². The maximum absolute atomic E-state index is 11.9. The maximum Gasteiger partial charge on any atom is 0.294 e. The van der Waals surface area contributed by atoms with Crippen LogP contribution >= 0.6 is 0 Å². The molecule has 0 saturated carbocycles. The molecule has 0 fully saturated rings. The van der Waals surface area contributed by atoms with E-state index in [1.54, 1.807) is 30.3 Å². The Morgan fingerprint density at radius 1 is 1.05 bits per heavy atom. The largest absolute Gasteiger partial charge is 0.474 e. The number of para-hydroxylation sites is 1. The molecule has 0 saturated heterocycles. The Morgan fingerprint density at radius 3 is 2.37 bits per heavy atom. The average Bonchev–Trinajstić information content (AvgIpc) is 2.43. The van der Waals surface area contributed by atoms with Crippen LogP contribution in [0.2, 0.25) is 0 Å². The molecule has 1 aromatic carbocycles. The normalized spacial score (nSPS) is 9.58. The van der Waals surface area contributed by atoms with Crippen molar-refractivity contribution in [1.82, 2.24) is 4.98 Å². The second-order valence-electron chi connectivity index (χ2n) is 3.55. The van der Waals surface area contributed by atoms with Crippen molar-refractivity contribution in [2.24, 2.45) is 0 Å². The van der Waals surface area contributed by atoms with E-state index < -0.39 is 5.56 Å². The lowest BCUT2D eigenvalue weighted by Crippen LogP contribution is -2.14. The Kier molecular flexibility index (Phi) is 3.65. The molecule has 0 spiro atoms. The van der Waals surface area contributed by atoms with Crippen molar-refractivity contribution in [2.75, 3.05) is 13.2 Å². The number of nitriles is 2. The first-order valence-electron chi connectivity index (χ1n) is 5.42. The highest BCUT2D eigenvalue weighted by atomic mass is 16.5. The van der Waals surface area contributed by atoms with E-state index in [1.807, 2.05) is 6.07 Å². The number of fused-ring (bicyclic) bond motifs is 1. The summed E-state index contributed by atoms with van der Waals surface area (Å²) in [6.45, 7) is -0.485. The van der Waals surface area contributed by atoms with Gasteiger partial charge in [-0.25, -0.2) is 0 Å². The second-order valence-corrected chi connectivity index (χ2v) is 3.55. The molecule has 6 nitrogen and oxygen atoms in total. The van der Waals surface area contributed by atoms with E-state index in [0.717, 1.165) is 0 Å². The lowest BCUT2D eigenvalue weighted by atomic mass is 10.2. The van der Waals surface area contributed by atoms with Crippen molar-refractivity contribution in [3.63, 3.8) is 0 Å². The van der Waals surface area contributed by atoms with Gasteiger partial charge < -0.3 is 14.5 Å². The molecule has 0 amide bonds. The van der Waals surface area contributed by atoms with Gasteiger partial charge in [0.25, 0.3) is 5.56 Å². The highest BCUT2D eigenvalue weighted by Gasteiger charge is 2.15. The molecule has 2 rings (SSSR count). The molecule has 1 N–H and O–H groups in total. The zero-order chi connectivity index (χ0) is 13.7. The van der Waals surface area contributed by atoms with Gasteiger partial charge in [0.05, 0.1) is 5.52 Å². The molecule has 0 radical (unpaired) electrons. The van der Waals surface area contributed by atoms with E-state index >= 15 is 0 Å². The molecular weight excluding hydrogens is 246 g/mol. The number of benzene rings is 1. The van der Waals surface area contributed by atoms with E-state index in [4.69, 9.17) is 20.0 Å². The van der Waals surface area contributed by atoms with Gasteiger partial charge in [-0.3, -0.25) is 4.79 Å². The molecule has 1 aromatic heterocycles. The quantitative estimate of drug-likeness (QED) is 0.888. The molecule has 0 unspecified atom stereocenters. The SMILES string of the molecule is N#CCOc1c(OCC#N)c2ccccc2[nH]c1=O. The number of hydrogen-bond donors (Lipinski definition) is 1. The van der Waals surface area contributed by atoms with E-state index in [0.29, 0.717) is 10.9 Å². The topological polar surface area (TPSA) is 98.9 Å². The Morgan fingerprint density at radius 2 is 1.68 bits per heavy atom. The van der Waals surface area contributed by atoms with Crippen LogP contribution < -0.4 is 15.0 Å². The molecule has 0 aliphatic rings. The zero-order valence-electron chi connectivity index (χ0n) is 9.84. The van der Waals surface area contributed by atoms with E-state index in [2.05, 4.69) is 4.98 Å². The van der Waals surface area contributed by atoms with Gasteiger partial charge in [0.15, 0.2) is 19.0 Å². The van der Waals surface area contributed by atoms with Crippen LogP contribution in [-0.4, -0.2) is 18.2 Å². The molecule has 94 valence electrons. The van der Waals surface area contributed by atoms with Crippen molar-refractivity contribution < 1.29 is 9.47 Å². The van der Waals surface area contributed by atoms with Crippen LogP contribution in [0.4, 0.5) is 0 Å². The summed E-state index contributed by atoms with van der Waals surface area (Å²) in [7, 11) is 0. The van der Waals surface area contributed by atoms with E-state index in [1.165, 1.54) is 0 Å². The monoisotopic (exact) mass is 255 g/mol. The van der Waals surface area contributed by atoms with Crippen molar-refractivity contribution in [1.29, 1.82) is 10.5 Å². The number of nitrogens with one attached hydrogen (secondary N) is 1. The predicted octanol–water partition coefficient (Wildman–Crippen LogP) is 1.33. The summed E-state index contributed by atoms with van der Waals surface area (Å²) in [4.78, 5) is 14.5. The van der Waals surface area contributed by atoms with Gasteiger partial charge in [0.1, 0.15) is 12.1 Å². The van der Waals surface area contributed by atoms with E-state index in [-0.39, 0.29) is 24.7 Å². The standard InChI is InChI=1S/C13H9N3O3/c14-5-7-18-11-9-3-1-2-4-10(9)16-13(17)12(11)19-8-6-15/h1-4H,7-8H2,(H,16,17). The van der Waals surface area contributed by atoms with Crippen LogP contribution in [0.3, 0.4) is 0 Å². The third-order valence-electron chi connectivity index (χ3n) is 2.39. The van der Waals surface area contributed by atoms with Crippen molar-refractivity contribution in [3.8, 4) is 23.6 Å². The third kappa shape index (κ3) is 2.48. The first kappa shape index (κ1) is 12.5. The Labute approximate surface area is 108 Å². The third-order valence-corrected chi connectivity index (χ3v) is 2.39. The van der Waals surface area contributed by atoms with Crippen molar-refractivity contribution >= 4 is 10.9 Å². The number of aromatic amines is 1. The number of hydrogen-bond acceptors (Lipinski definition) is 5. The molecule has 6 heteroatoms. The van der Waals surface area contributed by atoms with Gasteiger partial charge in [0.2, 0.25) is 5.75 Å². The summed E-state index contributed by atoms with van der Waals surface area (Å²) < 4.78 is 10.3. The molecule has 2 aromatic rings. The number of pyridine rings is 1. The minimum Gasteiger partial charge on any atom is -0.474 e. The number of aromatic nitrogens is 1. The molecule has 0 aliphatic heterocycles. The van der Waals surface area contributed by atoms with Gasteiger partial charge in [-0.05, 0) is 12.1 Å². The van der Waals surface area contributed by atoms with Gasteiger partial charge in [-0.2, -0.15) is 10.5 Å². The van der Waals surface area contributed by atoms with Crippen LogP contribution in [0.5, 0.6) is 11.5 Å². The summed E-state index contributed by atoms with van der Waals surface area (Å²) in [5, 5.41) is 17.7. The minimum atomic E-state index is -0.498. The van der Waals surface area contributed by atoms with Gasteiger partial charge >= 0.3 is 0 Å². The molecular formula is C13H9N3O3. The number of ether oxygens (including phenoxy) is 2. The number of rotatable bonds is 4. The van der Waals surface area contributed by atoms with Crippen molar-refractivity contribution in [2.45, 2.75) is 0 Å². The fourth-order valence-electron chi connectivity index (χ4n) is 1.68. The average molecular weight is 255 g/mol. The maximum atomic E-state index is 11.9.